The molecule has 0 fully saturated rings. The first-order valence-electron chi connectivity index (χ1n) is 7.47. The van der Waals surface area contributed by atoms with Gasteiger partial charge in [-0.25, -0.2) is 0 Å². The van der Waals surface area contributed by atoms with Crippen molar-refractivity contribution in [2.24, 2.45) is 5.41 Å². The van der Waals surface area contributed by atoms with E-state index in [-0.39, 0.29) is 11.3 Å². The molecule has 3 heteroatoms. The highest BCUT2D eigenvalue weighted by Crippen LogP contribution is 2.27. The lowest BCUT2D eigenvalue weighted by molar-refractivity contribution is 0.0933. The van der Waals surface area contributed by atoms with Crippen molar-refractivity contribution >= 4 is 28.3 Å². The molecule has 0 aromatic heterocycles. The minimum absolute atomic E-state index is 0.0121. The number of carbonyl (C=O) groups is 1. The van der Waals surface area contributed by atoms with Crippen LogP contribution in [0, 0.1) is 5.41 Å². The molecule has 112 valence electrons. The van der Waals surface area contributed by atoms with Gasteiger partial charge in [0.2, 0.25) is 0 Å². The Morgan fingerprint density at radius 3 is 2.43 bits per heavy atom. The Morgan fingerprint density at radius 2 is 1.76 bits per heavy atom. The number of hydrogen-bond donors (Lipinski definition) is 1. The first-order chi connectivity index (χ1) is 10.2. The summed E-state index contributed by atoms with van der Waals surface area (Å²) in [6.45, 7) is 4.86. The van der Waals surface area contributed by atoms with E-state index in [0.717, 1.165) is 29.2 Å². The highest BCUT2D eigenvalue weighted by atomic mass is 35.5. The van der Waals surface area contributed by atoms with Crippen molar-refractivity contribution in [1.82, 2.24) is 5.32 Å². The SMILES string of the molecule is CCC(CC)(CCl)CNC(=O)c1cccc2ccccc12. The Morgan fingerprint density at radius 1 is 1.10 bits per heavy atom. The van der Waals surface area contributed by atoms with Gasteiger partial charge >= 0.3 is 0 Å². The predicted octanol–water partition coefficient (Wildman–Crippen LogP) is 4.61. The molecule has 21 heavy (non-hydrogen) atoms. The van der Waals surface area contributed by atoms with Crippen LogP contribution in [0.2, 0.25) is 0 Å². The van der Waals surface area contributed by atoms with Gasteiger partial charge in [0.25, 0.3) is 5.91 Å². The summed E-state index contributed by atoms with van der Waals surface area (Å²) in [5, 5.41) is 5.13. The fourth-order valence-electron chi connectivity index (χ4n) is 2.52. The zero-order valence-corrected chi connectivity index (χ0v) is 13.4. The van der Waals surface area contributed by atoms with Crippen LogP contribution in [0.25, 0.3) is 10.8 Å². The van der Waals surface area contributed by atoms with E-state index in [1.165, 1.54) is 0 Å². The van der Waals surface area contributed by atoms with Gasteiger partial charge in [0, 0.05) is 23.4 Å². The summed E-state index contributed by atoms with van der Waals surface area (Å²) in [7, 11) is 0. The molecule has 0 aliphatic heterocycles. The maximum absolute atomic E-state index is 12.5. The summed E-state index contributed by atoms with van der Waals surface area (Å²) in [6, 6.07) is 13.8. The van der Waals surface area contributed by atoms with Crippen molar-refractivity contribution < 1.29 is 4.79 Å². The maximum atomic E-state index is 12.5. The molecule has 2 rings (SSSR count). The number of alkyl halides is 1. The number of carbonyl (C=O) groups excluding carboxylic acids is 1. The van der Waals surface area contributed by atoms with E-state index in [0.29, 0.717) is 12.4 Å². The number of rotatable bonds is 6. The van der Waals surface area contributed by atoms with Crippen molar-refractivity contribution in [3.63, 3.8) is 0 Å². The fraction of sp³-hybridized carbons (Fsp3) is 0.389. The van der Waals surface area contributed by atoms with Crippen molar-refractivity contribution in [1.29, 1.82) is 0 Å². The lowest BCUT2D eigenvalue weighted by Crippen LogP contribution is -2.38. The van der Waals surface area contributed by atoms with Crippen LogP contribution >= 0.6 is 11.6 Å². The number of benzene rings is 2. The van der Waals surface area contributed by atoms with Crippen LogP contribution < -0.4 is 5.32 Å². The van der Waals surface area contributed by atoms with Gasteiger partial charge in [0.15, 0.2) is 0 Å². The highest BCUT2D eigenvalue weighted by molar-refractivity contribution is 6.18. The molecule has 1 N–H and O–H groups in total. The zero-order chi connectivity index (χ0) is 15.3. The van der Waals surface area contributed by atoms with Crippen LogP contribution in [-0.2, 0) is 0 Å². The largest absolute Gasteiger partial charge is 0.351 e. The van der Waals surface area contributed by atoms with Gasteiger partial charge in [-0.1, -0.05) is 50.2 Å². The van der Waals surface area contributed by atoms with Gasteiger partial charge in [-0.05, 0) is 29.7 Å². The molecule has 1 amide bonds. The fourth-order valence-corrected chi connectivity index (χ4v) is 3.00. The number of amides is 1. The van der Waals surface area contributed by atoms with Crippen molar-refractivity contribution in [2.45, 2.75) is 26.7 Å². The van der Waals surface area contributed by atoms with Crippen LogP contribution in [0.15, 0.2) is 42.5 Å². The molecule has 0 unspecified atom stereocenters. The third kappa shape index (κ3) is 3.38. The van der Waals surface area contributed by atoms with E-state index in [2.05, 4.69) is 19.2 Å². The standard InChI is InChI=1S/C18H22ClNO/c1-3-18(4-2,12-19)13-20-17(21)16-11-7-9-14-8-5-6-10-15(14)16/h5-11H,3-4,12-13H2,1-2H3,(H,20,21). The molecule has 0 radical (unpaired) electrons. The van der Waals surface area contributed by atoms with Gasteiger partial charge in [-0.15, -0.1) is 11.6 Å². The Bertz CT molecular complexity index is 606. The number of fused-ring (bicyclic) bond motifs is 1. The average molecular weight is 304 g/mol. The molecule has 0 saturated heterocycles. The molecule has 2 aromatic rings. The predicted molar refractivity (Wildman–Crippen MR) is 90.0 cm³/mol. The first-order valence-corrected chi connectivity index (χ1v) is 8.01. The lowest BCUT2D eigenvalue weighted by atomic mass is 9.84. The Hall–Kier alpha value is -1.54. The second-order valence-corrected chi connectivity index (χ2v) is 5.82. The summed E-state index contributed by atoms with van der Waals surface area (Å²) in [6.07, 6.45) is 1.92. The highest BCUT2D eigenvalue weighted by Gasteiger charge is 2.26. The van der Waals surface area contributed by atoms with E-state index in [1.54, 1.807) is 0 Å². The molecule has 2 aromatic carbocycles. The van der Waals surface area contributed by atoms with Crippen LogP contribution in [0.4, 0.5) is 0 Å². The van der Waals surface area contributed by atoms with E-state index in [1.807, 2.05) is 42.5 Å². The van der Waals surface area contributed by atoms with E-state index < -0.39 is 0 Å². The molecule has 0 bridgehead atoms. The van der Waals surface area contributed by atoms with Crippen LogP contribution in [0.1, 0.15) is 37.0 Å². The second kappa shape index (κ2) is 6.95. The van der Waals surface area contributed by atoms with Crippen molar-refractivity contribution in [3.8, 4) is 0 Å². The smallest absolute Gasteiger partial charge is 0.251 e. The van der Waals surface area contributed by atoms with E-state index >= 15 is 0 Å². The normalized spacial score (nSPS) is 11.6. The Balaban J connectivity index is 2.20. The summed E-state index contributed by atoms with van der Waals surface area (Å²) < 4.78 is 0. The minimum Gasteiger partial charge on any atom is -0.351 e. The molecular weight excluding hydrogens is 282 g/mol. The lowest BCUT2D eigenvalue weighted by Gasteiger charge is -2.29. The zero-order valence-electron chi connectivity index (χ0n) is 12.7. The van der Waals surface area contributed by atoms with Crippen LogP contribution in [0.3, 0.4) is 0 Å². The van der Waals surface area contributed by atoms with Crippen molar-refractivity contribution in [2.75, 3.05) is 12.4 Å². The molecule has 2 nitrogen and oxygen atoms in total. The molecule has 0 atom stereocenters. The molecule has 0 saturated carbocycles. The molecular formula is C18H22ClNO. The average Bonchev–Trinajstić information content (AvgIpc) is 2.56. The molecule has 0 spiro atoms. The number of hydrogen-bond acceptors (Lipinski definition) is 1. The summed E-state index contributed by atoms with van der Waals surface area (Å²) in [5.41, 5.74) is 0.714. The Labute approximate surface area is 131 Å². The van der Waals surface area contributed by atoms with Gasteiger partial charge < -0.3 is 5.32 Å². The monoisotopic (exact) mass is 303 g/mol. The minimum atomic E-state index is -0.0248. The summed E-state index contributed by atoms with van der Waals surface area (Å²) in [5.74, 6) is 0.540. The Kier molecular flexibility index (Phi) is 5.24. The maximum Gasteiger partial charge on any atom is 0.251 e. The van der Waals surface area contributed by atoms with E-state index in [4.69, 9.17) is 11.6 Å². The number of halogens is 1. The van der Waals surface area contributed by atoms with Gasteiger partial charge in [-0.3, -0.25) is 4.79 Å². The quantitative estimate of drug-likeness (QED) is 0.775. The van der Waals surface area contributed by atoms with Crippen LogP contribution in [-0.4, -0.2) is 18.3 Å². The van der Waals surface area contributed by atoms with Gasteiger partial charge in [0.1, 0.15) is 0 Å². The number of nitrogens with one attached hydrogen (secondary N) is 1. The summed E-state index contributed by atoms with van der Waals surface area (Å²) in [4.78, 5) is 12.5. The van der Waals surface area contributed by atoms with Crippen molar-refractivity contribution in [3.05, 3.63) is 48.0 Å². The summed E-state index contributed by atoms with van der Waals surface area (Å²) >= 11 is 6.10. The third-order valence-corrected chi connectivity index (χ3v) is 5.01. The molecule has 0 aliphatic carbocycles. The molecule has 0 aliphatic rings. The second-order valence-electron chi connectivity index (χ2n) is 5.55. The topological polar surface area (TPSA) is 29.1 Å². The van der Waals surface area contributed by atoms with E-state index in [9.17, 15) is 4.79 Å². The molecule has 0 heterocycles. The van der Waals surface area contributed by atoms with Gasteiger partial charge in [-0.2, -0.15) is 0 Å². The van der Waals surface area contributed by atoms with Crippen LogP contribution in [0.5, 0.6) is 0 Å². The first kappa shape index (κ1) is 15.8. The third-order valence-electron chi connectivity index (χ3n) is 4.44. The van der Waals surface area contributed by atoms with Gasteiger partial charge in [0.05, 0.1) is 0 Å².